The van der Waals surface area contributed by atoms with Crippen molar-refractivity contribution in [1.82, 2.24) is 10.2 Å². The molecule has 0 unspecified atom stereocenters. The molecule has 18 heavy (non-hydrogen) atoms. The Morgan fingerprint density at radius 3 is 2.56 bits per heavy atom. The number of carbonyl (C=O) groups is 1. The van der Waals surface area contributed by atoms with E-state index in [0.717, 1.165) is 15.7 Å². The highest BCUT2D eigenvalue weighted by Crippen LogP contribution is 2.23. The van der Waals surface area contributed by atoms with Gasteiger partial charge in [0.15, 0.2) is 5.69 Å². The van der Waals surface area contributed by atoms with E-state index < -0.39 is 0 Å². The Balaban J connectivity index is 2.18. The summed E-state index contributed by atoms with van der Waals surface area (Å²) in [4.78, 5) is 11.9. The first-order valence-electron chi connectivity index (χ1n) is 5.44. The molecule has 1 N–H and O–H groups in total. The number of hydrogen-bond acceptors (Lipinski definition) is 3. The summed E-state index contributed by atoms with van der Waals surface area (Å²) in [6.07, 6.45) is 0. The van der Waals surface area contributed by atoms with Gasteiger partial charge in [0, 0.05) is 4.47 Å². The molecule has 0 radical (unpaired) electrons. The molecule has 4 nitrogen and oxygen atoms in total. The smallest absolute Gasteiger partial charge is 0.276 e. The van der Waals surface area contributed by atoms with Crippen molar-refractivity contribution in [1.29, 1.82) is 0 Å². The van der Waals surface area contributed by atoms with Crippen molar-refractivity contribution in [2.24, 2.45) is 0 Å². The highest BCUT2D eigenvalue weighted by atomic mass is 79.9. The lowest BCUT2D eigenvalue weighted by molar-refractivity contribution is 0.102. The lowest BCUT2D eigenvalue weighted by Crippen LogP contribution is -2.14. The van der Waals surface area contributed by atoms with E-state index in [1.165, 1.54) is 0 Å². The maximum Gasteiger partial charge on any atom is 0.276 e. The van der Waals surface area contributed by atoms with E-state index in [1.807, 2.05) is 32.0 Å². The minimum absolute atomic E-state index is 0.271. The molecule has 92 valence electrons. The number of rotatable bonds is 2. The number of nitrogens with one attached hydrogen (secondary N) is 1. The highest BCUT2D eigenvalue weighted by molar-refractivity contribution is 9.10. The second-order valence-electron chi connectivity index (χ2n) is 4.00. The van der Waals surface area contributed by atoms with E-state index in [4.69, 9.17) is 0 Å². The number of aromatic nitrogens is 2. The lowest BCUT2D eigenvalue weighted by Gasteiger charge is -2.07. The van der Waals surface area contributed by atoms with Crippen molar-refractivity contribution >= 4 is 27.5 Å². The maximum atomic E-state index is 11.9. The number of anilines is 1. The highest BCUT2D eigenvalue weighted by Gasteiger charge is 2.09. The second kappa shape index (κ2) is 5.27. The fourth-order valence-electron chi connectivity index (χ4n) is 1.43. The fourth-order valence-corrected chi connectivity index (χ4v) is 2.02. The Morgan fingerprint density at radius 2 is 1.94 bits per heavy atom. The van der Waals surface area contributed by atoms with Crippen molar-refractivity contribution in [3.05, 3.63) is 51.8 Å². The second-order valence-corrected chi connectivity index (χ2v) is 4.85. The zero-order valence-corrected chi connectivity index (χ0v) is 11.7. The van der Waals surface area contributed by atoms with E-state index in [9.17, 15) is 4.79 Å². The molecule has 0 aliphatic heterocycles. The maximum absolute atomic E-state index is 11.9. The number of amides is 1. The molecule has 0 aliphatic carbocycles. The van der Waals surface area contributed by atoms with Crippen LogP contribution in [0.3, 0.4) is 0 Å². The Morgan fingerprint density at radius 1 is 1.17 bits per heavy atom. The third-order valence-corrected chi connectivity index (χ3v) is 3.06. The van der Waals surface area contributed by atoms with Gasteiger partial charge in [0.05, 0.1) is 11.4 Å². The van der Waals surface area contributed by atoms with Crippen LogP contribution in [0.2, 0.25) is 0 Å². The van der Waals surface area contributed by atoms with Crippen LogP contribution in [-0.4, -0.2) is 16.1 Å². The van der Waals surface area contributed by atoms with Gasteiger partial charge < -0.3 is 5.32 Å². The van der Waals surface area contributed by atoms with Crippen molar-refractivity contribution < 1.29 is 4.79 Å². The topological polar surface area (TPSA) is 54.9 Å². The minimum atomic E-state index is -0.271. The Bertz CT molecular complexity index is 581. The molecular formula is C13H12BrN3O. The van der Waals surface area contributed by atoms with Gasteiger partial charge in [-0.25, -0.2) is 0 Å². The van der Waals surface area contributed by atoms with Gasteiger partial charge >= 0.3 is 0 Å². The van der Waals surface area contributed by atoms with Gasteiger partial charge in [0.2, 0.25) is 0 Å². The number of halogens is 1. The average Bonchev–Trinajstić information content (AvgIpc) is 2.33. The summed E-state index contributed by atoms with van der Waals surface area (Å²) < 4.78 is 0.843. The summed E-state index contributed by atoms with van der Waals surface area (Å²) in [6, 6.07) is 9.13. The van der Waals surface area contributed by atoms with Crippen LogP contribution in [0.4, 0.5) is 5.69 Å². The van der Waals surface area contributed by atoms with Crippen LogP contribution in [0.5, 0.6) is 0 Å². The molecule has 0 bridgehead atoms. The van der Waals surface area contributed by atoms with Gasteiger partial charge in [0.25, 0.3) is 5.91 Å². The Kier molecular flexibility index (Phi) is 3.72. The fraction of sp³-hybridized carbons (Fsp3) is 0.154. The van der Waals surface area contributed by atoms with E-state index in [2.05, 4.69) is 31.4 Å². The molecule has 1 aromatic heterocycles. The normalized spacial score (nSPS) is 10.2. The summed E-state index contributed by atoms with van der Waals surface area (Å²) in [7, 11) is 0. The first kappa shape index (κ1) is 12.7. The van der Waals surface area contributed by atoms with Crippen molar-refractivity contribution in [3.8, 4) is 0 Å². The molecule has 0 atom stereocenters. The van der Waals surface area contributed by atoms with Crippen LogP contribution >= 0.6 is 15.9 Å². The zero-order valence-electron chi connectivity index (χ0n) is 10.1. The van der Waals surface area contributed by atoms with Crippen LogP contribution < -0.4 is 5.32 Å². The van der Waals surface area contributed by atoms with Gasteiger partial charge in [-0.15, -0.1) is 5.10 Å². The van der Waals surface area contributed by atoms with Gasteiger partial charge in [0.1, 0.15) is 0 Å². The van der Waals surface area contributed by atoms with Crippen LogP contribution in [0, 0.1) is 13.8 Å². The number of carbonyl (C=O) groups excluding carboxylic acids is 1. The van der Waals surface area contributed by atoms with Crippen LogP contribution in [0.15, 0.2) is 34.8 Å². The number of hydrogen-bond donors (Lipinski definition) is 1. The minimum Gasteiger partial charge on any atom is -0.320 e. The summed E-state index contributed by atoms with van der Waals surface area (Å²) >= 11 is 3.41. The molecule has 0 saturated carbocycles. The van der Waals surface area contributed by atoms with E-state index in [1.54, 1.807) is 12.1 Å². The molecule has 0 fully saturated rings. The van der Waals surface area contributed by atoms with Gasteiger partial charge in [-0.3, -0.25) is 4.79 Å². The summed E-state index contributed by atoms with van der Waals surface area (Å²) in [6.45, 7) is 3.81. The van der Waals surface area contributed by atoms with Gasteiger partial charge in [-0.2, -0.15) is 5.10 Å². The van der Waals surface area contributed by atoms with Gasteiger partial charge in [-0.05, 0) is 59.6 Å². The zero-order chi connectivity index (χ0) is 13.1. The third-order valence-electron chi connectivity index (χ3n) is 2.40. The van der Waals surface area contributed by atoms with Crippen molar-refractivity contribution in [2.45, 2.75) is 13.8 Å². The van der Waals surface area contributed by atoms with E-state index >= 15 is 0 Å². The largest absolute Gasteiger partial charge is 0.320 e. The molecule has 1 amide bonds. The molecule has 0 saturated heterocycles. The summed E-state index contributed by atoms with van der Waals surface area (Å²) in [5.74, 6) is -0.271. The number of nitrogens with zero attached hydrogens (tertiary/aromatic N) is 2. The van der Waals surface area contributed by atoms with Crippen LogP contribution in [-0.2, 0) is 0 Å². The monoisotopic (exact) mass is 305 g/mol. The molecular weight excluding hydrogens is 294 g/mol. The van der Waals surface area contributed by atoms with Crippen LogP contribution in [0.25, 0.3) is 0 Å². The molecule has 5 heteroatoms. The first-order chi connectivity index (χ1) is 8.56. The third kappa shape index (κ3) is 2.92. The Hall–Kier alpha value is -1.75. The molecule has 1 heterocycles. The summed E-state index contributed by atoms with van der Waals surface area (Å²) in [5.41, 5.74) is 2.92. The predicted octanol–water partition coefficient (Wildman–Crippen LogP) is 3.11. The average molecular weight is 306 g/mol. The van der Waals surface area contributed by atoms with E-state index in [-0.39, 0.29) is 5.91 Å². The van der Waals surface area contributed by atoms with Crippen molar-refractivity contribution in [2.75, 3.05) is 5.32 Å². The number of aryl methyl sites for hydroxylation is 2. The molecule has 2 aromatic rings. The van der Waals surface area contributed by atoms with Crippen molar-refractivity contribution in [3.63, 3.8) is 0 Å². The van der Waals surface area contributed by atoms with Crippen LogP contribution in [0.1, 0.15) is 21.7 Å². The number of benzene rings is 1. The molecule has 0 aliphatic rings. The quantitative estimate of drug-likeness (QED) is 0.927. The predicted molar refractivity (Wildman–Crippen MR) is 73.6 cm³/mol. The molecule has 0 spiro atoms. The summed E-state index contributed by atoms with van der Waals surface area (Å²) in [5, 5.41) is 10.5. The lowest BCUT2D eigenvalue weighted by atomic mass is 10.2. The molecule has 2 rings (SSSR count). The van der Waals surface area contributed by atoms with Gasteiger partial charge in [-0.1, -0.05) is 6.07 Å². The Labute approximate surface area is 114 Å². The standard InChI is InChI=1S/C13H12BrN3O/c1-8-3-5-11(10(14)7-8)15-13(18)12-6-4-9(2)16-17-12/h3-7H,1-2H3,(H,15,18). The SMILES string of the molecule is Cc1ccc(NC(=O)c2ccc(C)nn2)c(Br)c1. The first-order valence-corrected chi connectivity index (χ1v) is 6.23. The molecule has 1 aromatic carbocycles. The van der Waals surface area contributed by atoms with E-state index in [0.29, 0.717) is 11.4 Å².